The van der Waals surface area contributed by atoms with Gasteiger partial charge in [0.1, 0.15) is 0 Å². The molecule has 2 aromatic heterocycles. The van der Waals surface area contributed by atoms with Gasteiger partial charge in [0.25, 0.3) is 5.91 Å². The van der Waals surface area contributed by atoms with Crippen LogP contribution >= 0.6 is 0 Å². The first-order valence-electron chi connectivity index (χ1n) is 7.92. The summed E-state index contributed by atoms with van der Waals surface area (Å²) in [6, 6.07) is 6.51. The maximum atomic E-state index is 12.3. The van der Waals surface area contributed by atoms with E-state index in [0.717, 1.165) is 6.42 Å². The third kappa shape index (κ3) is 5.19. The molecule has 0 radical (unpaired) electrons. The van der Waals surface area contributed by atoms with Crippen LogP contribution in [0.15, 0.2) is 30.5 Å². The summed E-state index contributed by atoms with van der Waals surface area (Å²) in [6.07, 6.45) is 2.45. The number of nitrogens with one attached hydrogen (secondary N) is 1. The average Bonchev–Trinajstić information content (AvgIpc) is 2.56. The fourth-order valence-corrected chi connectivity index (χ4v) is 1.78. The van der Waals surface area contributed by atoms with Crippen LogP contribution in [0, 0.1) is 0 Å². The van der Waals surface area contributed by atoms with Crippen LogP contribution in [0.5, 0.6) is 11.8 Å². The Balaban J connectivity index is 2.02. The minimum absolute atomic E-state index is 0.0143. The lowest BCUT2D eigenvalue weighted by Gasteiger charge is -2.12. The summed E-state index contributed by atoms with van der Waals surface area (Å²) in [5, 5.41) is 10.5. The molecule has 128 valence electrons. The molecule has 1 amide bonds. The minimum Gasteiger partial charge on any atom is -0.475 e. The van der Waals surface area contributed by atoms with Gasteiger partial charge < -0.3 is 14.8 Å². The minimum atomic E-state index is -0.307. The molecular weight excluding hydrogens is 308 g/mol. The van der Waals surface area contributed by atoms with Gasteiger partial charge in [0.15, 0.2) is 5.82 Å². The number of hydrogen-bond acceptors (Lipinski definition) is 6. The fraction of sp³-hybridized carbons (Fsp3) is 0.412. The van der Waals surface area contributed by atoms with Gasteiger partial charge in [-0.2, -0.15) is 0 Å². The molecule has 7 heteroatoms. The Hall–Kier alpha value is -2.70. The van der Waals surface area contributed by atoms with Crippen molar-refractivity contribution >= 4 is 11.7 Å². The van der Waals surface area contributed by atoms with Crippen molar-refractivity contribution in [3.8, 4) is 11.8 Å². The van der Waals surface area contributed by atoms with Crippen molar-refractivity contribution in [3.05, 3.63) is 36.0 Å². The number of hydrogen-bond donors (Lipinski definition) is 1. The third-order valence-corrected chi connectivity index (χ3v) is 3.13. The van der Waals surface area contributed by atoms with Gasteiger partial charge in [0.2, 0.25) is 11.8 Å². The van der Waals surface area contributed by atoms with Gasteiger partial charge in [-0.1, -0.05) is 6.92 Å². The number of anilines is 1. The van der Waals surface area contributed by atoms with Gasteiger partial charge in [-0.25, -0.2) is 4.98 Å². The van der Waals surface area contributed by atoms with E-state index in [0.29, 0.717) is 23.1 Å². The van der Waals surface area contributed by atoms with E-state index in [2.05, 4.69) is 20.5 Å². The Morgan fingerprint density at radius 3 is 2.54 bits per heavy atom. The monoisotopic (exact) mass is 330 g/mol. The van der Waals surface area contributed by atoms with Crippen molar-refractivity contribution in [2.75, 3.05) is 5.32 Å². The van der Waals surface area contributed by atoms with Crippen LogP contribution in [-0.4, -0.2) is 33.3 Å². The van der Waals surface area contributed by atoms with Gasteiger partial charge >= 0.3 is 0 Å². The van der Waals surface area contributed by atoms with Gasteiger partial charge in [-0.05, 0) is 39.3 Å². The standard InChI is InChI=1S/C17H22N4O3/c1-5-12(4)24-16-10-13(8-9-18-16)17(22)19-14-6-7-15(21-20-14)23-11(2)3/h6-12H,5H2,1-4H3,(H,19,20,22)/t12-/m1/s1. The Kier molecular flexibility index (Phi) is 6.06. The third-order valence-electron chi connectivity index (χ3n) is 3.13. The van der Waals surface area contributed by atoms with E-state index in [4.69, 9.17) is 9.47 Å². The Morgan fingerprint density at radius 2 is 1.92 bits per heavy atom. The van der Waals surface area contributed by atoms with Crippen molar-refractivity contribution in [1.29, 1.82) is 0 Å². The number of ether oxygens (including phenoxy) is 2. The van der Waals surface area contributed by atoms with Crippen LogP contribution in [-0.2, 0) is 0 Å². The molecule has 0 aliphatic carbocycles. The lowest BCUT2D eigenvalue weighted by Crippen LogP contribution is -2.15. The Bertz CT molecular complexity index is 674. The molecule has 1 N–H and O–H groups in total. The second-order valence-corrected chi connectivity index (χ2v) is 5.60. The van der Waals surface area contributed by atoms with Crippen molar-refractivity contribution in [2.24, 2.45) is 0 Å². The first-order chi connectivity index (χ1) is 11.5. The fourth-order valence-electron chi connectivity index (χ4n) is 1.78. The van der Waals surface area contributed by atoms with Gasteiger partial charge in [-0.15, -0.1) is 10.2 Å². The molecule has 0 unspecified atom stereocenters. The van der Waals surface area contributed by atoms with E-state index in [-0.39, 0.29) is 18.1 Å². The summed E-state index contributed by atoms with van der Waals surface area (Å²) in [6.45, 7) is 7.77. The number of carbonyl (C=O) groups excluding carboxylic acids is 1. The molecule has 2 rings (SSSR count). The molecule has 1 atom stereocenters. The van der Waals surface area contributed by atoms with E-state index in [9.17, 15) is 4.79 Å². The summed E-state index contributed by atoms with van der Waals surface area (Å²) in [5.41, 5.74) is 0.438. The second kappa shape index (κ2) is 8.24. The highest BCUT2D eigenvalue weighted by Crippen LogP contribution is 2.15. The number of rotatable bonds is 7. The maximum absolute atomic E-state index is 12.3. The van der Waals surface area contributed by atoms with E-state index in [1.807, 2.05) is 27.7 Å². The molecule has 2 aromatic rings. The van der Waals surface area contributed by atoms with E-state index in [1.54, 1.807) is 24.3 Å². The van der Waals surface area contributed by atoms with Crippen molar-refractivity contribution in [2.45, 2.75) is 46.3 Å². The molecule has 0 saturated heterocycles. The van der Waals surface area contributed by atoms with Crippen LogP contribution in [0.2, 0.25) is 0 Å². The topological polar surface area (TPSA) is 86.2 Å². The normalized spacial score (nSPS) is 11.9. The van der Waals surface area contributed by atoms with Gasteiger partial charge in [-0.3, -0.25) is 4.79 Å². The molecule has 0 aromatic carbocycles. The van der Waals surface area contributed by atoms with Crippen molar-refractivity contribution in [1.82, 2.24) is 15.2 Å². The SMILES string of the molecule is CC[C@@H](C)Oc1cc(C(=O)Nc2ccc(OC(C)C)nn2)ccn1. The molecule has 2 heterocycles. The molecule has 0 saturated carbocycles. The van der Waals surface area contributed by atoms with Crippen LogP contribution in [0.1, 0.15) is 44.5 Å². The van der Waals surface area contributed by atoms with Crippen LogP contribution in [0.25, 0.3) is 0 Å². The van der Waals surface area contributed by atoms with Crippen LogP contribution < -0.4 is 14.8 Å². The molecule has 0 aliphatic rings. The van der Waals surface area contributed by atoms with Crippen LogP contribution in [0.4, 0.5) is 5.82 Å². The number of pyridine rings is 1. The smallest absolute Gasteiger partial charge is 0.257 e. The van der Waals surface area contributed by atoms with E-state index in [1.165, 1.54) is 6.20 Å². The number of nitrogens with zero attached hydrogens (tertiary/aromatic N) is 3. The second-order valence-electron chi connectivity index (χ2n) is 5.60. The zero-order valence-electron chi connectivity index (χ0n) is 14.3. The molecular formula is C17H22N4O3. The lowest BCUT2D eigenvalue weighted by atomic mass is 10.2. The highest BCUT2D eigenvalue weighted by Gasteiger charge is 2.11. The van der Waals surface area contributed by atoms with Crippen LogP contribution in [0.3, 0.4) is 0 Å². The average molecular weight is 330 g/mol. The molecule has 0 spiro atoms. The highest BCUT2D eigenvalue weighted by atomic mass is 16.5. The molecule has 0 aliphatic heterocycles. The Morgan fingerprint density at radius 1 is 1.12 bits per heavy atom. The molecule has 0 bridgehead atoms. The number of aromatic nitrogens is 3. The summed E-state index contributed by atoms with van der Waals surface area (Å²) < 4.78 is 11.0. The van der Waals surface area contributed by atoms with Crippen molar-refractivity contribution in [3.63, 3.8) is 0 Å². The maximum Gasteiger partial charge on any atom is 0.257 e. The van der Waals surface area contributed by atoms with Gasteiger partial charge in [0, 0.05) is 23.9 Å². The lowest BCUT2D eigenvalue weighted by molar-refractivity contribution is 0.102. The number of carbonyl (C=O) groups is 1. The zero-order valence-corrected chi connectivity index (χ0v) is 14.3. The Labute approximate surface area is 141 Å². The molecule has 7 nitrogen and oxygen atoms in total. The molecule has 0 fully saturated rings. The number of amides is 1. The summed E-state index contributed by atoms with van der Waals surface area (Å²) in [7, 11) is 0. The predicted molar refractivity (Wildman–Crippen MR) is 90.4 cm³/mol. The summed E-state index contributed by atoms with van der Waals surface area (Å²) >= 11 is 0. The zero-order chi connectivity index (χ0) is 17.5. The first kappa shape index (κ1) is 17.7. The first-order valence-corrected chi connectivity index (χ1v) is 7.92. The summed E-state index contributed by atoms with van der Waals surface area (Å²) in [5.74, 6) is 0.871. The summed E-state index contributed by atoms with van der Waals surface area (Å²) in [4.78, 5) is 16.4. The van der Waals surface area contributed by atoms with E-state index >= 15 is 0 Å². The predicted octanol–water partition coefficient (Wildman–Crippen LogP) is 3.09. The quantitative estimate of drug-likeness (QED) is 0.839. The van der Waals surface area contributed by atoms with Crippen molar-refractivity contribution < 1.29 is 14.3 Å². The molecule has 24 heavy (non-hydrogen) atoms. The highest BCUT2D eigenvalue weighted by molar-refractivity contribution is 6.03. The van der Waals surface area contributed by atoms with E-state index < -0.39 is 0 Å². The van der Waals surface area contributed by atoms with Gasteiger partial charge in [0.05, 0.1) is 12.2 Å². The largest absolute Gasteiger partial charge is 0.475 e.